The molecule has 1 aromatic carbocycles. The van der Waals surface area contributed by atoms with Gasteiger partial charge in [-0.3, -0.25) is 0 Å². The number of rotatable bonds is 5. The molecule has 0 aliphatic carbocycles. The molecule has 0 aliphatic heterocycles. The summed E-state index contributed by atoms with van der Waals surface area (Å²) >= 11 is 0. The molecule has 0 aromatic heterocycles. The lowest BCUT2D eigenvalue weighted by Crippen LogP contribution is -2.47. The van der Waals surface area contributed by atoms with Crippen LogP contribution in [-0.2, 0) is 0 Å². The van der Waals surface area contributed by atoms with Crippen LogP contribution < -0.4 is 5.32 Å². The van der Waals surface area contributed by atoms with Crippen LogP contribution in [0, 0.1) is 11.6 Å². The number of nitrogens with one attached hydrogen (secondary N) is 1. The van der Waals surface area contributed by atoms with Crippen molar-refractivity contribution in [2.45, 2.75) is 32.4 Å². The second kappa shape index (κ2) is 5.76. The van der Waals surface area contributed by atoms with Gasteiger partial charge in [0, 0.05) is 24.2 Å². The first-order valence-corrected chi connectivity index (χ1v) is 6.09. The summed E-state index contributed by atoms with van der Waals surface area (Å²) in [6.45, 7) is 6.86. The van der Waals surface area contributed by atoms with Gasteiger partial charge in [0.1, 0.15) is 11.6 Å². The first-order chi connectivity index (χ1) is 8.22. The molecule has 1 aromatic rings. The van der Waals surface area contributed by atoms with Gasteiger partial charge in [0.05, 0.1) is 0 Å². The Hall–Kier alpha value is -1.00. The quantitative estimate of drug-likeness (QED) is 0.871. The first kappa shape index (κ1) is 15.1. The van der Waals surface area contributed by atoms with E-state index in [1.807, 2.05) is 21.0 Å². The fourth-order valence-corrected chi connectivity index (χ4v) is 1.50. The number of likely N-dealkylation sites (N-methyl/N-ethyl adjacent to an activating group) is 1. The molecular weight excluding hydrogens is 234 g/mol. The Morgan fingerprint density at radius 3 is 2.11 bits per heavy atom. The molecule has 18 heavy (non-hydrogen) atoms. The van der Waals surface area contributed by atoms with Crippen LogP contribution in [0.5, 0.6) is 0 Å². The van der Waals surface area contributed by atoms with E-state index >= 15 is 0 Å². The van der Waals surface area contributed by atoms with Gasteiger partial charge < -0.3 is 10.2 Å². The molecule has 0 fully saturated rings. The standard InChI is InChI=1S/C14H22F2N2/c1-10(17-9-14(2,3)18(4)5)11-6-12(15)8-13(16)7-11/h6-8,10,17H,9H2,1-5H3. The average molecular weight is 256 g/mol. The second-order valence-electron chi connectivity index (χ2n) is 5.51. The van der Waals surface area contributed by atoms with E-state index in [9.17, 15) is 8.78 Å². The molecule has 0 bridgehead atoms. The van der Waals surface area contributed by atoms with Gasteiger partial charge in [0.25, 0.3) is 0 Å². The Bertz CT molecular complexity index is 383. The van der Waals surface area contributed by atoms with E-state index < -0.39 is 11.6 Å². The van der Waals surface area contributed by atoms with Crippen molar-refractivity contribution in [3.05, 3.63) is 35.4 Å². The predicted molar refractivity (Wildman–Crippen MR) is 70.5 cm³/mol. The molecule has 0 aliphatic rings. The third-order valence-corrected chi connectivity index (χ3v) is 3.44. The van der Waals surface area contributed by atoms with Crippen molar-refractivity contribution >= 4 is 0 Å². The van der Waals surface area contributed by atoms with Crippen molar-refractivity contribution in [3.63, 3.8) is 0 Å². The number of hydrogen-bond acceptors (Lipinski definition) is 2. The van der Waals surface area contributed by atoms with E-state index in [2.05, 4.69) is 24.1 Å². The Morgan fingerprint density at radius 2 is 1.67 bits per heavy atom. The molecule has 102 valence electrons. The van der Waals surface area contributed by atoms with Crippen LogP contribution in [0.4, 0.5) is 8.78 Å². The topological polar surface area (TPSA) is 15.3 Å². The van der Waals surface area contributed by atoms with Crippen LogP contribution in [0.15, 0.2) is 18.2 Å². The molecule has 2 nitrogen and oxygen atoms in total. The van der Waals surface area contributed by atoms with Crippen molar-refractivity contribution in [1.29, 1.82) is 0 Å². The highest BCUT2D eigenvalue weighted by molar-refractivity contribution is 5.20. The van der Waals surface area contributed by atoms with E-state index in [1.54, 1.807) is 0 Å². The van der Waals surface area contributed by atoms with Gasteiger partial charge in [-0.25, -0.2) is 8.78 Å². The van der Waals surface area contributed by atoms with Gasteiger partial charge >= 0.3 is 0 Å². The fourth-order valence-electron chi connectivity index (χ4n) is 1.50. The van der Waals surface area contributed by atoms with Crippen LogP contribution in [0.3, 0.4) is 0 Å². The van der Waals surface area contributed by atoms with Gasteiger partial charge in [-0.05, 0) is 52.6 Å². The number of benzene rings is 1. The lowest BCUT2D eigenvalue weighted by atomic mass is 10.0. The summed E-state index contributed by atoms with van der Waals surface area (Å²) in [4.78, 5) is 2.11. The van der Waals surface area contributed by atoms with Crippen molar-refractivity contribution < 1.29 is 8.78 Å². The number of nitrogens with zero attached hydrogens (tertiary/aromatic N) is 1. The SMILES string of the molecule is CC(NCC(C)(C)N(C)C)c1cc(F)cc(F)c1. The fraction of sp³-hybridized carbons (Fsp3) is 0.571. The summed E-state index contributed by atoms with van der Waals surface area (Å²) in [7, 11) is 4.02. The molecule has 0 radical (unpaired) electrons. The van der Waals surface area contributed by atoms with Gasteiger partial charge in [-0.1, -0.05) is 0 Å². The third kappa shape index (κ3) is 4.03. The minimum atomic E-state index is -0.537. The van der Waals surface area contributed by atoms with Gasteiger partial charge in [0.15, 0.2) is 0 Å². The highest BCUT2D eigenvalue weighted by atomic mass is 19.1. The van der Waals surface area contributed by atoms with Crippen LogP contribution in [0.25, 0.3) is 0 Å². The summed E-state index contributed by atoms with van der Waals surface area (Å²) in [6.07, 6.45) is 0. The largest absolute Gasteiger partial charge is 0.308 e. The molecule has 0 heterocycles. The maximum absolute atomic E-state index is 13.1. The Morgan fingerprint density at radius 1 is 1.17 bits per heavy atom. The molecule has 1 N–H and O–H groups in total. The Kier molecular flexibility index (Phi) is 4.82. The zero-order valence-electron chi connectivity index (χ0n) is 11.7. The molecule has 0 amide bonds. The van der Waals surface area contributed by atoms with Gasteiger partial charge in [-0.15, -0.1) is 0 Å². The minimum absolute atomic E-state index is 0.0138. The van der Waals surface area contributed by atoms with E-state index in [1.165, 1.54) is 12.1 Å². The van der Waals surface area contributed by atoms with Gasteiger partial charge in [-0.2, -0.15) is 0 Å². The first-order valence-electron chi connectivity index (χ1n) is 6.09. The van der Waals surface area contributed by atoms with Gasteiger partial charge in [0.2, 0.25) is 0 Å². The van der Waals surface area contributed by atoms with Crippen molar-refractivity contribution in [2.24, 2.45) is 0 Å². The van der Waals surface area contributed by atoms with Crippen LogP contribution in [-0.4, -0.2) is 31.1 Å². The molecule has 1 unspecified atom stereocenters. The van der Waals surface area contributed by atoms with E-state index in [0.717, 1.165) is 12.6 Å². The maximum atomic E-state index is 13.1. The minimum Gasteiger partial charge on any atom is -0.308 e. The highest BCUT2D eigenvalue weighted by Crippen LogP contribution is 2.17. The summed E-state index contributed by atoms with van der Waals surface area (Å²) in [5, 5.41) is 3.30. The van der Waals surface area contributed by atoms with Crippen LogP contribution in [0.2, 0.25) is 0 Å². The second-order valence-corrected chi connectivity index (χ2v) is 5.51. The molecule has 0 saturated heterocycles. The lowest BCUT2D eigenvalue weighted by molar-refractivity contribution is 0.185. The summed E-state index contributed by atoms with van der Waals surface area (Å²) in [5.41, 5.74) is 0.613. The van der Waals surface area contributed by atoms with Crippen molar-refractivity contribution in [1.82, 2.24) is 10.2 Å². The third-order valence-electron chi connectivity index (χ3n) is 3.44. The summed E-state index contributed by atoms with van der Waals surface area (Å²) < 4.78 is 26.2. The number of hydrogen-bond donors (Lipinski definition) is 1. The highest BCUT2D eigenvalue weighted by Gasteiger charge is 2.21. The molecule has 4 heteroatoms. The summed E-state index contributed by atoms with van der Waals surface area (Å²) in [5.74, 6) is -1.07. The summed E-state index contributed by atoms with van der Waals surface area (Å²) in [6, 6.07) is 3.53. The molecular formula is C14H22F2N2. The predicted octanol–water partition coefficient (Wildman–Crippen LogP) is 2.96. The molecule has 1 atom stereocenters. The van der Waals surface area contributed by atoms with E-state index in [4.69, 9.17) is 0 Å². The monoisotopic (exact) mass is 256 g/mol. The smallest absolute Gasteiger partial charge is 0.126 e. The van der Waals surface area contributed by atoms with E-state index in [0.29, 0.717) is 5.56 Å². The molecule has 1 rings (SSSR count). The van der Waals surface area contributed by atoms with Crippen molar-refractivity contribution in [3.8, 4) is 0 Å². The molecule has 0 spiro atoms. The number of halogens is 2. The van der Waals surface area contributed by atoms with Crippen LogP contribution >= 0.6 is 0 Å². The van der Waals surface area contributed by atoms with E-state index in [-0.39, 0.29) is 11.6 Å². The Balaban J connectivity index is 2.68. The van der Waals surface area contributed by atoms with Crippen molar-refractivity contribution in [2.75, 3.05) is 20.6 Å². The Labute approximate surface area is 108 Å². The zero-order valence-corrected chi connectivity index (χ0v) is 11.7. The lowest BCUT2D eigenvalue weighted by Gasteiger charge is -2.34. The zero-order chi connectivity index (χ0) is 13.9. The van der Waals surface area contributed by atoms with Crippen LogP contribution in [0.1, 0.15) is 32.4 Å². The average Bonchev–Trinajstić information content (AvgIpc) is 2.24. The normalized spacial score (nSPS) is 14.0. The molecule has 0 saturated carbocycles. The maximum Gasteiger partial charge on any atom is 0.126 e.